The number of hydrogen-bond acceptors (Lipinski definition) is 4. The van der Waals surface area contributed by atoms with Crippen molar-refractivity contribution in [1.82, 2.24) is 5.32 Å². The van der Waals surface area contributed by atoms with Gasteiger partial charge in [0.1, 0.15) is 17.0 Å². The first-order chi connectivity index (χ1) is 10.6. The van der Waals surface area contributed by atoms with Gasteiger partial charge >= 0.3 is 6.09 Å². The van der Waals surface area contributed by atoms with Gasteiger partial charge in [-0.05, 0) is 51.8 Å². The number of ether oxygens (including phenoxy) is 2. The van der Waals surface area contributed by atoms with Crippen LogP contribution in [0.1, 0.15) is 33.3 Å². The summed E-state index contributed by atoms with van der Waals surface area (Å²) in [6.07, 6.45) is 1.28. The summed E-state index contributed by atoms with van der Waals surface area (Å²) in [5.41, 5.74) is -0.917. The van der Waals surface area contributed by atoms with E-state index in [-0.39, 0.29) is 0 Å². The van der Waals surface area contributed by atoms with Crippen molar-refractivity contribution in [3.8, 4) is 5.75 Å². The summed E-state index contributed by atoms with van der Waals surface area (Å²) in [7, 11) is 1.60. The SMILES string of the molecule is C=C[C@@](C)(O)[C@@H](Cc1ccc(OC)cc1)NC(=O)OC(C)(C)C. The molecule has 5 nitrogen and oxygen atoms in total. The number of amides is 1. The van der Waals surface area contributed by atoms with E-state index in [2.05, 4.69) is 11.9 Å². The van der Waals surface area contributed by atoms with Crippen molar-refractivity contribution in [3.63, 3.8) is 0 Å². The van der Waals surface area contributed by atoms with Crippen LogP contribution in [0.4, 0.5) is 4.79 Å². The number of carbonyl (C=O) groups is 1. The highest BCUT2D eigenvalue weighted by atomic mass is 16.6. The van der Waals surface area contributed by atoms with Gasteiger partial charge < -0.3 is 19.9 Å². The van der Waals surface area contributed by atoms with Gasteiger partial charge in [0.15, 0.2) is 0 Å². The van der Waals surface area contributed by atoms with Gasteiger partial charge in [0.05, 0.1) is 13.2 Å². The van der Waals surface area contributed by atoms with Gasteiger partial charge in [-0.25, -0.2) is 4.79 Å². The number of rotatable bonds is 6. The van der Waals surface area contributed by atoms with E-state index in [0.29, 0.717) is 6.42 Å². The number of nitrogens with one attached hydrogen (secondary N) is 1. The third kappa shape index (κ3) is 6.32. The van der Waals surface area contributed by atoms with E-state index in [1.807, 2.05) is 24.3 Å². The first-order valence-electron chi connectivity index (χ1n) is 7.56. The van der Waals surface area contributed by atoms with Gasteiger partial charge in [0.2, 0.25) is 0 Å². The van der Waals surface area contributed by atoms with E-state index >= 15 is 0 Å². The first-order valence-corrected chi connectivity index (χ1v) is 7.56. The Morgan fingerprint density at radius 1 is 1.30 bits per heavy atom. The maximum Gasteiger partial charge on any atom is 0.407 e. The Labute approximate surface area is 138 Å². The minimum Gasteiger partial charge on any atom is -0.497 e. The third-order valence-corrected chi connectivity index (χ3v) is 3.41. The summed E-state index contributed by atoms with van der Waals surface area (Å²) in [4.78, 5) is 12.0. The molecule has 0 aliphatic rings. The molecule has 0 bridgehead atoms. The molecular weight excluding hydrogens is 294 g/mol. The van der Waals surface area contributed by atoms with E-state index in [0.717, 1.165) is 11.3 Å². The summed E-state index contributed by atoms with van der Waals surface area (Å²) in [5.74, 6) is 0.751. The smallest absolute Gasteiger partial charge is 0.407 e. The van der Waals surface area contributed by atoms with Gasteiger partial charge in [-0.2, -0.15) is 0 Å². The molecule has 0 saturated heterocycles. The highest BCUT2D eigenvalue weighted by Crippen LogP contribution is 2.19. The molecule has 0 heterocycles. The highest BCUT2D eigenvalue weighted by Gasteiger charge is 2.31. The van der Waals surface area contributed by atoms with Crippen LogP contribution in [0.15, 0.2) is 36.9 Å². The van der Waals surface area contributed by atoms with Gasteiger partial charge in [-0.3, -0.25) is 0 Å². The van der Waals surface area contributed by atoms with Crippen LogP contribution in [0.5, 0.6) is 5.75 Å². The van der Waals surface area contributed by atoms with Crippen molar-refractivity contribution in [3.05, 3.63) is 42.5 Å². The quantitative estimate of drug-likeness (QED) is 0.790. The average Bonchev–Trinajstić information content (AvgIpc) is 2.45. The minimum absolute atomic E-state index is 0.433. The minimum atomic E-state index is -1.27. The lowest BCUT2D eigenvalue weighted by atomic mass is 9.91. The number of aliphatic hydroxyl groups is 1. The monoisotopic (exact) mass is 321 g/mol. The molecule has 0 aliphatic heterocycles. The van der Waals surface area contributed by atoms with E-state index in [1.54, 1.807) is 34.8 Å². The lowest BCUT2D eigenvalue weighted by molar-refractivity contribution is 0.0300. The molecule has 23 heavy (non-hydrogen) atoms. The molecule has 2 atom stereocenters. The molecule has 0 fully saturated rings. The molecule has 1 aromatic rings. The molecule has 5 heteroatoms. The van der Waals surface area contributed by atoms with Crippen LogP contribution < -0.4 is 10.1 Å². The van der Waals surface area contributed by atoms with Crippen LogP contribution in [-0.4, -0.2) is 35.6 Å². The highest BCUT2D eigenvalue weighted by molar-refractivity contribution is 5.68. The van der Waals surface area contributed by atoms with Crippen LogP contribution >= 0.6 is 0 Å². The first kappa shape index (κ1) is 19.0. The Morgan fingerprint density at radius 3 is 2.30 bits per heavy atom. The van der Waals surface area contributed by atoms with E-state index < -0.39 is 23.3 Å². The summed E-state index contributed by atoms with van der Waals surface area (Å²) >= 11 is 0. The Hall–Kier alpha value is -2.01. The predicted molar refractivity (Wildman–Crippen MR) is 90.7 cm³/mol. The Balaban J connectivity index is 2.88. The molecule has 0 aromatic heterocycles. The molecule has 0 spiro atoms. The summed E-state index contributed by atoms with van der Waals surface area (Å²) in [5, 5.41) is 13.2. The zero-order valence-corrected chi connectivity index (χ0v) is 14.6. The van der Waals surface area contributed by atoms with Crippen molar-refractivity contribution in [2.45, 2.75) is 51.4 Å². The van der Waals surface area contributed by atoms with E-state index in [4.69, 9.17) is 9.47 Å². The Morgan fingerprint density at radius 2 is 1.87 bits per heavy atom. The number of alkyl carbamates (subject to hydrolysis) is 1. The number of methoxy groups -OCH3 is 1. The van der Waals surface area contributed by atoms with Crippen molar-refractivity contribution in [2.24, 2.45) is 0 Å². The van der Waals surface area contributed by atoms with Crippen molar-refractivity contribution < 1.29 is 19.4 Å². The average molecular weight is 321 g/mol. The Bertz CT molecular complexity index is 529. The topological polar surface area (TPSA) is 67.8 Å². The van der Waals surface area contributed by atoms with Crippen molar-refractivity contribution in [1.29, 1.82) is 0 Å². The largest absolute Gasteiger partial charge is 0.497 e. The van der Waals surface area contributed by atoms with Gasteiger partial charge in [0.25, 0.3) is 0 Å². The zero-order chi connectivity index (χ0) is 17.7. The van der Waals surface area contributed by atoms with Crippen molar-refractivity contribution in [2.75, 3.05) is 7.11 Å². The van der Waals surface area contributed by atoms with E-state index in [1.165, 1.54) is 6.08 Å². The maximum absolute atomic E-state index is 12.0. The second-order valence-corrected chi connectivity index (χ2v) is 6.68. The molecule has 0 unspecified atom stereocenters. The van der Waals surface area contributed by atoms with Crippen LogP contribution in [0.3, 0.4) is 0 Å². The molecule has 1 amide bonds. The molecule has 2 N–H and O–H groups in total. The third-order valence-electron chi connectivity index (χ3n) is 3.41. The molecule has 0 saturated carbocycles. The van der Waals surface area contributed by atoms with Gasteiger partial charge in [-0.1, -0.05) is 18.2 Å². The normalized spacial score (nSPS) is 15.2. The van der Waals surface area contributed by atoms with Gasteiger partial charge in [0, 0.05) is 0 Å². The summed E-state index contributed by atoms with van der Waals surface area (Å²) in [6.45, 7) is 10.6. The fourth-order valence-corrected chi connectivity index (χ4v) is 1.99. The number of benzene rings is 1. The fraction of sp³-hybridized carbons (Fsp3) is 0.500. The Kier molecular flexibility index (Phi) is 6.21. The van der Waals surface area contributed by atoms with Crippen LogP contribution in [0, 0.1) is 0 Å². The maximum atomic E-state index is 12.0. The van der Waals surface area contributed by atoms with Crippen molar-refractivity contribution >= 4 is 6.09 Å². The molecule has 1 aromatic carbocycles. The van der Waals surface area contributed by atoms with Gasteiger partial charge in [-0.15, -0.1) is 6.58 Å². The molecule has 0 radical (unpaired) electrons. The zero-order valence-electron chi connectivity index (χ0n) is 14.6. The molecule has 128 valence electrons. The lowest BCUT2D eigenvalue weighted by Crippen LogP contribution is -2.52. The lowest BCUT2D eigenvalue weighted by Gasteiger charge is -2.32. The number of carbonyl (C=O) groups excluding carboxylic acids is 1. The second-order valence-electron chi connectivity index (χ2n) is 6.68. The standard InChI is InChI=1S/C18H27NO4/c1-7-18(5,21)15(19-16(20)23-17(2,3)4)12-13-8-10-14(22-6)11-9-13/h7-11,15,21H,1,12H2,2-6H3,(H,19,20)/t15-,18-/m1/s1. The predicted octanol–water partition coefficient (Wildman–Crippen LogP) is 3.07. The molecule has 1 rings (SSSR count). The van der Waals surface area contributed by atoms with Crippen LogP contribution in [0.2, 0.25) is 0 Å². The summed E-state index contributed by atoms with van der Waals surface area (Å²) < 4.78 is 10.4. The molecule has 0 aliphatic carbocycles. The van der Waals surface area contributed by atoms with Crippen LogP contribution in [0.25, 0.3) is 0 Å². The van der Waals surface area contributed by atoms with E-state index in [9.17, 15) is 9.90 Å². The molecular formula is C18H27NO4. The summed E-state index contributed by atoms with van der Waals surface area (Å²) in [6, 6.07) is 6.89. The van der Waals surface area contributed by atoms with Crippen LogP contribution in [-0.2, 0) is 11.2 Å². The number of hydrogen-bond donors (Lipinski definition) is 2. The second kappa shape index (κ2) is 7.51. The fourth-order valence-electron chi connectivity index (χ4n) is 1.99.